The van der Waals surface area contributed by atoms with E-state index in [4.69, 9.17) is 11.6 Å². The molecular weight excluding hydrogens is 320 g/mol. The standard InChI is InChI=1S/C21H25ClO2/c1-20-9-7-14(23)11-13(20)3-4-15-16-5-6-18(19(24)12-22)21(16,2)10-8-17(15)20/h6,8,11,15-16H,3-5,7,9-10,12H2,1-2H3/t15-,16-,20-,21-/m0/s1. The van der Waals surface area contributed by atoms with Gasteiger partial charge in [0.25, 0.3) is 0 Å². The molecule has 0 unspecified atom stereocenters. The molecule has 4 aliphatic rings. The molecular formula is C21H25ClO2. The van der Waals surface area contributed by atoms with E-state index in [2.05, 4.69) is 26.0 Å². The Morgan fingerprint density at radius 1 is 1.29 bits per heavy atom. The van der Waals surface area contributed by atoms with Crippen LogP contribution >= 0.6 is 11.6 Å². The molecule has 4 atom stereocenters. The third kappa shape index (κ3) is 2.08. The number of rotatable bonds is 2. The first kappa shape index (κ1) is 16.3. The lowest BCUT2D eigenvalue weighted by molar-refractivity contribution is -0.116. The Balaban J connectivity index is 1.73. The van der Waals surface area contributed by atoms with Gasteiger partial charge in [0.1, 0.15) is 0 Å². The Hall–Kier alpha value is -1.15. The third-order valence-corrected chi connectivity index (χ3v) is 7.58. The number of carbonyl (C=O) groups is 2. The van der Waals surface area contributed by atoms with Gasteiger partial charge >= 0.3 is 0 Å². The summed E-state index contributed by atoms with van der Waals surface area (Å²) in [6.07, 6.45) is 12.1. The van der Waals surface area contributed by atoms with E-state index in [9.17, 15) is 9.59 Å². The SMILES string of the molecule is C[C@]12CCC(=O)C=C1CC[C@@H]1C2=CC[C@]2(C)C(C(=O)CCl)=CC[C@@H]12. The largest absolute Gasteiger partial charge is 0.295 e. The summed E-state index contributed by atoms with van der Waals surface area (Å²) >= 11 is 5.84. The lowest BCUT2D eigenvalue weighted by Crippen LogP contribution is -2.44. The zero-order chi connectivity index (χ0) is 17.1. The van der Waals surface area contributed by atoms with Crippen LogP contribution in [0.5, 0.6) is 0 Å². The normalized spacial score (nSPS) is 40.8. The summed E-state index contributed by atoms with van der Waals surface area (Å²) in [5, 5.41) is 0. The Labute approximate surface area is 149 Å². The van der Waals surface area contributed by atoms with E-state index in [1.807, 2.05) is 6.08 Å². The second kappa shape index (κ2) is 5.42. The fourth-order valence-corrected chi connectivity index (χ4v) is 6.09. The van der Waals surface area contributed by atoms with Gasteiger partial charge in [-0.15, -0.1) is 11.6 Å². The fraction of sp³-hybridized carbons (Fsp3) is 0.619. The number of hydrogen-bond acceptors (Lipinski definition) is 2. The molecule has 128 valence electrons. The molecule has 1 fully saturated rings. The van der Waals surface area contributed by atoms with E-state index >= 15 is 0 Å². The van der Waals surface area contributed by atoms with Crippen LogP contribution in [0, 0.1) is 22.7 Å². The van der Waals surface area contributed by atoms with Crippen molar-refractivity contribution in [3.05, 3.63) is 34.9 Å². The number of hydrogen-bond donors (Lipinski definition) is 0. The minimum atomic E-state index is -0.0534. The average Bonchev–Trinajstić information content (AvgIpc) is 2.92. The maximum absolute atomic E-state index is 12.3. The van der Waals surface area contributed by atoms with Crippen molar-refractivity contribution in [3.8, 4) is 0 Å². The maximum atomic E-state index is 12.3. The second-order valence-corrected chi connectivity index (χ2v) is 8.68. The molecule has 0 aromatic heterocycles. The van der Waals surface area contributed by atoms with Gasteiger partial charge in [0.05, 0.1) is 5.88 Å². The fourth-order valence-electron chi connectivity index (χ4n) is 5.94. The van der Waals surface area contributed by atoms with Crippen molar-refractivity contribution >= 4 is 23.2 Å². The van der Waals surface area contributed by atoms with Gasteiger partial charge in [0.15, 0.2) is 11.6 Å². The highest BCUT2D eigenvalue weighted by atomic mass is 35.5. The number of halogens is 1. The van der Waals surface area contributed by atoms with E-state index < -0.39 is 0 Å². The Morgan fingerprint density at radius 2 is 2.08 bits per heavy atom. The molecule has 0 amide bonds. The summed E-state index contributed by atoms with van der Waals surface area (Å²) in [5.41, 5.74) is 3.86. The van der Waals surface area contributed by atoms with Gasteiger partial charge < -0.3 is 0 Å². The molecule has 0 bridgehead atoms. The molecule has 0 aliphatic heterocycles. The van der Waals surface area contributed by atoms with Crippen LogP contribution in [0.2, 0.25) is 0 Å². The van der Waals surface area contributed by atoms with E-state index in [-0.39, 0.29) is 22.5 Å². The van der Waals surface area contributed by atoms with Crippen molar-refractivity contribution in [3.63, 3.8) is 0 Å². The van der Waals surface area contributed by atoms with Crippen LogP contribution in [0.3, 0.4) is 0 Å². The summed E-state index contributed by atoms with van der Waals surface area (Å²) in [6, 6.07) is 0. The van der Waals surface area contributed by atoms with Crippen molar-refractivity contribution in [2.75, 3.05) is 5.88 Å². The monoisotopic (exact) mass is 344 g/mol. The molecule has 0 radical (unpaired) electrons. The quantitative estimate of drug-likeness (QED) is 0.533. The van der Waals surface area contributed by atoms with Crippen molar-refractivity contribution in [1.29, 1.82) is 0 Å². The van der Waals surface area contributed by atoms with Crippen LogP contribution in [0.15, 0.2) is 34.9 Å². The van der Waals surface area contributed by atoms with Gasteiger partial charge in [-0.05, 0) is 55.6 Å². The lowest BCUT2D eigenvalue weighted by Gasteiger charge is -2.53. The van der Waals surface area contributed by atoms with Gasteiger partial charge in [-0.2, -0.15) is 0 Å². The van der Waals surface area contributed by atoms with Gasteiger partial charge in [0, 0.05) is 17.3 Å². The summed E-state index contributed by atoms with van der Waals surface area (Å²) in [5.74, 6) is 1.53. The first-order valence-corrected chi connectivity index (χ1v) is 9.68. The summed E-state index contributed by atoms with van der Waals surface area (Å²) in [4.78, 5) is 24.1. The predicted octanol–water partition coefficient (Wildman–Crippen LogP) is 4.78. The Morgan fingerprint density at radius 3 is 2.83 bits per heavy atom. The first-order valence-electron chi connectivity index (χ1n) is 9.14. The second-order valence-electron chi connectivity index (χ2n) is 8.41. The number of Topliss-reactive ketones (excluding diaryl/α,β-unsaturated/α-hetero) is 1. The molecule has 0 N–H and O–H groups in total. The van der Waals surface area contributed by atoms with E-state index in [1.165, 1.54) is 5.57 Å². The van der Waals surface area contributed by atoms with E-state index in [0.29, 0.717) is 24.0 Å². The van der Waals surface area contributed by atoms with Gasteiger partial charge in [-0.25, -0.2) is 0 Å². The van der Waals surface area contributed by atoms with Crippen molar-refractivity contribution in [2.24, 2.45) is 22.7 Å². The highest BCUT2D eigenvalue weighted by molar-refractivity contribution is 6.30. The van der Waals surface area contributed by atoms with Gasteiger partial charge in [-0.3, -0.25) is 9.59 Å². The third-order valence-electron chi connectivity index (χ3n) is 7.34. The molecule has 3 heteroatoms. The van der Waals surface area contributed by atoms with Gasteiger partial charge in [-0.1, -0.05) is 37.1 Å². The molecule has 0 saturated heterocycles. The summed E-state index contributed by atoms with van der Waals surface area (Å²) < 4.78 is 0. The average molecular weight is 345 g/mol. The minimum absolute atomic E-state index is 0.0534. The topological polar surface area (TPSA) is 34.1 Å². The first-order chi connectivity index (χ1) is 11.4. The van der Waals surface area contributed by atoms with E-state index in [1.54, 1.807) is 5.57 Å². The number of fused-ring (bicyclic) bond motifs is 5. The number of ketones is 2. The molecule has 0 aromatic carbocycles. The zero-order valence-corrected chi connectivity index (χ0v) is 15.3. The highest BCUT2D eigenvalue weighted by Crippen LogP contribution is 2.63. The number of alkyl halides is 1. The molecule has 4 rings (SSSR count). The summed E-state index contributed by atoms with van der Waals surface area (Å²) in [6.45, 7) is 4.59. The van der Waals surface area contributed by atoms with E-state index in [0.717, 1.165) is 37.7 Å². The van der Waals surface area contributed by atoms with Crippen LogP contribution in [0.1, 0.15) is 52.4 Å². The molecule has 0 spiro atoms. The Bertz CT molecular complexity index is 713. The van der Waals surface area contributed by atoms with Crippen LogP contribution < -0.4 is 0 Å². The highest BCUT2D eigenvalue weighted by Gasteiger charge is 2.54. The lowest BCUT2D eigenvalue weighted by atomic mass is 9.51. The minimum Gasteiger partial charge on any atom is -0.295 e. The van der Waals surface area contributed by atoms with Crippen LogP contribution in [0.25, 0.3) is 0 Å². The molecule has 4 aliphatic carbocycles. The van der Waals surface area contributed by atoms with Crippen LogP contribution in [-0.2, 0) is 9.59 Å². The smallest absolute Gasteiger partial charge is 0.173 e. The van der Waals surface area contributed by atoms with Crippen LogP contribution in [-0.4, -0.2) is 17.4 Å². The summed E-state index contributed by atoms with van der Waals surface area (Å²) in [7, 11) is 0. The molecule has 0 heterocycles. The Kier molecular flexibility index (Phi) is 3.69. The zero-order valence-electron chi connectivity index (χ0n) is 14.5. The van der Waals surface area contributed by atoms with Crippen LogP contribution in [0.4, 0.5) is 0 Å². The van der Waals surface area contributed by atoms with Crippen molar-refractivity contribution < 1.29 is 9.59 Å². The molecule has 0 aromatic rings. The number of carbonyl (C=O) groups excluding carboxylic acids is 2. The predicted molar refractivity (Wildman–Crippen MR) is 95.9 cm³/mol. The van der Waals surface area contributed by atoms with Crippen molar-refractivity contribution in [2.45, 2.75) is 52.4 Å². The molecule has 24 heavy (non-hydrogen) atoms. The maximum Gasteiger partial charge on any atom is 0.173 e. The molecule has 2 nitrogen and oxygen atoms in total. The van der Waals surface area contributed by atoms with Crippen molar-refractivity contribution in [1.82, 2.24) is 0 Å². The number of allylic oxidation sites excluding steroid dienone is 6. The van der Waals surface area contributed by atoms with Gasteiger partial charge in [0.2, 0.25) is 0 Å². The molecule has 1 saturated carbocycles.